The van der Waals surface area contributed by atoms with Crippen molar-refractivity contribution >= 4 is 28.8 Å². The van der Waals surface area contributed by atoms with Gasteiger partial charge in [0.1, 0.15) is 11.4 Å². The van der Waals surface area contributed by atoms with E-state index in [2.05, 4.69) is 18.7 Å². The van der Waals surface area contributed by atoms with Crippen molar-refractivity contribution in [2.24, 2.45) is 0 Å². The molecule has 4 rings (SSSR count). The SMILES string of the molecule is CCN(CC)c1ccc(N2C(=O)C(c3ccc(OC)cc3)=C(N3CCOCC3)C2=O)cc1. The predicted molar refractivity (Wildman–Crippen MR) is 125 cm³/mol. The van der Waals surface area contributed by atoms with Gasteiger partial charge >= 0.3 is 0 Å². The predicted octanol–water partition coefficient (Wildman–Crippen LogP) is 3.16. The lowest BCUT2D eigenvalue weighted by atomic mass is 10.0. The molecule has 0 N–H and O–H groups in total. The molecule has 7 nitrogen and oxygen atoms in total. The molecular weight excluding hydrogens is 406 g/mol. The molecule has 2 heterocycles. The van der Waals surface area contributed by atoms with Gasteiger partial charge in [0.05, 0.1) is 31.6 Å². The van der Waals surface area contributed by atoms with E-state index in [4.69, 9.17) is 9.47 Å². The van der Waals surface area contributed by atoms with Crippen LogP contribution in [0, 0.1) is 0 Å². The molecule has 7 heteroatoms. The van der Waals surface area contributed by atoms with Crippen LogP contribution >= 0.6 is 0 Å². The standard InChI is InChI=1S/C25H29N3O4/c1-4-26(5-2)19-8-10-20(11-9-19)28-24(29)22(18-6-12-21(31-3)13-7-18)23(25(28)30)27-14-16-32-17-15-27/h6-13H,4-5,14-17H2,1-3H3. The summed E-state index contributed by atoms with van der Waals surface area (Å²) in [6.07, 6.45) is 0. The Morgan fingerprint density at radius 1 is 0.906 bits per heavy atom. The fourth-order valence-corrected chi connectivity index (χ4v) is 4.25. The molecule has 2 aromatic rings. The Labute approximate surface area is 188 Å². The zero-order valence-electron chi connectivity index (χ0n) is 18.8. The van der Waals surface area contributed by atoms with Gasteiger partial charge in [0.2, 0.25) is 0 Å². The summed E-state index contributed by atoms with van der Waals surface area (Å²) in [5, 5.41) is 0. The highest BCUT2D eigenvalue weighted by Gasteiger charge is 2.42. The van der Waals surface area contributed by atoms with Crippen molar-refractivity contribution in [3.63, 3.8) is 0 Å². The monoisotopic (exact) mass is 435 g/mol. The lowest BCUT2D eigenvalue weighted by Crippen LogP contribution is -2.40. The van der Waals surface area contributed by atoms with E-state index in [1.807, 2.05) is 41.3 Å². The van der Waals surface area contributed by atoms with Crippen molar-refractivity contribution < 1.29 is 19.1 Å². The largest absolute Gasteiger partial charge is 0.497 e. The molecule has 0 unspecified atom stereocenters. The molecular formula is C25H29N3O4. The van der Waals surface area contributed by atoms with Crippen LogP contribution in [0.3, 0.4) is 0 Å². The lowest BCUT2D eigenvalue weighted by Gasteiger charge is -2.29. The molecule has 168 valence electrons. The van der Waals surface area contributed by atoms with Crippen LogP contribution in [-0.4, -0.2) is 63.2 Å². The number of methoxy groups -OCH3 is 1. The van der Waals surface area contributed by atoms with Gasteiger partial charge in [0, 0.05) is 31.9 Å². The number of hydrogen-bond donors (Lipinski definition) is 0. The van der Waals surface area contributed by atoms with E-state index >= 15 is 0 Å². The summed E-state index contributed by atoms with van der Waals surface area (Å²) in [5.41, 5.74) is 3.20. The highest BCUT2D eigenvalue weighted by atomic mass is 16.5. The van der Waals surface area contributed by atoms with Gasteiger partial charge in [-0.1, -0.05) is 12.1 Å². The van der Waals surface area contributed by atoms with E-state index in [0.717, 1.165) is 18.8 Å². The van der Waals surface area contributed by atoms with E-state index in [0.29, 0.717) is 54.6 Å². The number of carbonyl (C=O) groups excluding carboxylic acids is 2. The lowest BCUT2D eigenvalue weighted by molar-refractivity contribution is -0.121. The summed E-state index contributed by atoms with van der Waals surface area (Å²) >= 11 is 0. The molecule has 0 bridgehead atoms. The Kier molecular flexibility index (Phi) is 6.46. The van der Waals surface area contributed by atoms with Gasteiger partial charge in [-0.2, -0.15) is 0 Å². The maximum atomic E-state index is 13.6. The topological polar surface area (TPSA) is 62.3 Å². The Morgan fingerprint density at radius 3 is 2.09 bits per heavy atom. The van der Waals surface area contributed by atoms with Crippen molar-refractivity contribution in [3.8, 4) is 5.75 Å². The minimum absolute atomic E-state index is 0.293. The minimum Gasteiger partial charge on any atom is -0.497 e. The van der Waals surface area contributed by atoms with Crippen molar-refractivity contribution in [2.75, 3.05) is 56.3 Å². The number of amides is 2. The molecule has 1 fully saturated rings. The summed E-state index contributed by atoms with van der Waals surface area (Å²) in [6.45, 7) is 8.18. The molecule has 0 aliphatic carbocycles. The Balaban J connectivity index is 1.73. The molecule has 0 saturated carbocycles. The zero-order valence-corrected chi connectivity index (χ0v) is 18.8. The second-order valence-electron chi connectivity index (χ2n) is 7.69. The Bertz CT molecular complexity index is 1000. The smallest absolute Gasteiger partial charge is 0.282 e. The molecule has 2 aliphatic heterocycles. The molecule has 2 amide bonds. The van der Waals surface area contributed by atoms with Crippen LogP contribution < -0.4 is 14.5 Å². The van der Waals surface area contributed by atoms with Crippen molar-refractivity contribution in [1.29, 1.82) is 0 Å². The number of benzene rings is 2. The van der Waals surface area contributed by atoms with Gasteiger partial charge in [-0.3, -0.25) is 9.59 Å². The number of nitrogens with zero attached hydrogens (tertiary/aromatic N) is 3. The summed E-state index contributed by atoms with van der Waals surface area (Å²) in [7, 11) is 1.60. The van der Waals surface area contributed by atoms with Crippen LogP contribution in [0.15, 0.2) is 54.2 Å². The molecule has 2 aromatic carbocycles. The van der Waals surface area contributed by atoms with Gasteiger partial charge in [-0.05, 0) is 55.8 Å². The average molecular weight is 436 g/mol. The van der Waals surface area contributed by atoms with Crippen LogP contribution in [0.1, 0.15) is 19.4 Å². The molecule has 0 spiro atoms. The van der Waals surface area contributed by atoms with Gasteiger partial charge in [-0.25, -0.2) is 4.90 Å². The van der Waals surface area contributed by atoms with Crippen molar-refractivity contribution in [3.05, 3.63) is 59.8 Å². The average Bonchev–Trinajstić information content (AvgIpc) is 3.11. The Morgan fingerprint density at radius 2 is 1.53 bits per heavy atom. The highest BCUT2D eigenvalue weighted by molar-refractivity contribution is 6.45. The van der Waals surface area contributed by atoms with Crippen molar-refractivity contribution in [2.45, 2.75) is 13.8 Å². The van der Waals surface area contributed by atoms with E-state index in [-0.39, 0.29) is 11.8 Å². The molecule has 1 saturated heterocycles. The maximum Gasteiger partial charge on any atom is 0.282 e. The second kappa shape index (κ2) is 9.44. The van der Waals surface area contributed by atoms with Crippen LogP contribution in [0.4, 0.5) is 11.4 Å². The quantitative estimate of drug-likeness (QED) is 0.623. The third kappa shape index (κ3) is 3.96. The van der Waals surface area contributed by atoms with Crippen molar-refractivity contribution in [1.82, 2.24) is 4.90 Å². The van der Waals surface area contributed by atoms with Crippen LogP contribution in [0.5, 0.6) is 5.75 Å². The van der Waals surface area contributed by atoms with Crippen LogP contribution in [0.25, 0.3) is 5.57 Å². The second-order valence-corrected chi connectivity index (χ2v) is 7.69. The summed E-state index contributed by atoms with van der Waals surface area (Å²) in [5.74, 6) is 0.0958. The Hall–Kier alpha value is -3.32. The summed E-state index contributed by atoms with van der Waals surface area (Å²) in [6, 6.07) is 14.9. The highest BCUT2D eigenvalue weighted by Crippen LogP contribution is 2.36. The van der Waals surface area contributed by atoms with Crippen LogP contribution in [-0.2, 0) is 14.3 Å². The first-order valence-electron chi connectivity index (χ1n) is 11.0. The number of hydrogen-bond acceptors (Lipinski definition) is 6. The number of morpholine rings is 1. The number of rotatable bonds is 7. The molecule has 32 heavy (non-hydrogen) atoms. The third-order valence-electron chi connectivity index (χ3n) is 6.00. The molecule has 0 atom stereocenters. The van der Waals surface area contributed by atoms with E-state index < -0.39 is 0 Å². The fraction of sp³-hybridized carbons (Fsp3) is 0.360. The van der Waals surface area contributed by atoms with Gasteiger partial charge in [0.15, 0.2) is 0 Å². The molecule has 0 aromatic heterocycles. The normalized spacial score (nSPS) is 16.7. The molecule has 0 radical (unpaired) electrons. The number of carbonyl (C=O) groups is 2. The third-order valence-corrected chi connectivity index (χ3v) is 6.00. The van der Waals surface area contributed by atoms with Gasteiger partial charge < -0.3 is 19.3 Å². The first kappa shape index (κ1) is 21.9. The summed E-state index contributed by atoms with van der Waals surface area (Å²) < 4.78 is 10.7. The zero-order chi connectivity index (χ0) is 22.7. The first-order chi connectivity index (χ1) is 15.6. The maximum absolute atomic E-state index is 13.6. The number of ether oxygens (including phenoxy) is 2. The minimum atomic E-state index is -0.308. The van der Waals surface area contributed by atoms with Gasteiger partial charge in [0.25, 0.3) is 11.8 Å². The summed E-state index contributed by atoms with van der Waals surface area (Å²) in [4.78, 5) is 32.7. The first-order valence-corrected chi connectivity index (χ1v) is 11.0. The molecule has 2 aliphatic rings. The van der Waals surface area contributed by atoms with E-state index in [1.54, 1.807) is 19.2 Å². The van der Waals surface area contributed by atoms with E-state index in [1.165, 1.54) is 4.90 Å². The fourth-order valence-electron chi connectivity index (χ4n) is 4.25. The van der Waals surface area contributed by atoms with Crippen LogP contribution in [0.2, 0.25) is 0 Å². The number of anilines is 2. The van der Waals surface area contributed by atoms with E-state index in [9.17, 15) is 9.59 Å². The van der Waals surface area contributed by atoms with Gasteiger partial charge in [-0.15, -0.1) is 0 Å². The number of imide groups is 1.